The lowest BCUT2D eigenvalue weighted by molar-refractivity contribution is -0.145. The summed E-state index contributed by atoms with van der Waals surface area (Å²) in [7, 11) is 0. The van der Waals surface area contributed by atoms with Gasteiger partial charge in [-0.2, -0.15) is 0 Å². The van der Waals surface area contributed by atoms with Gasteiger partial charge in [-0.05, 0) is 18.6 Å². The Morgan fingerprint density at radius 1 is 0.714 bits per heavy atom. The summed E-state index contributed by atoms with van der Waals surface area (Å²) in [5.74, 6) is 0.710. The van der Waals surface area contributed by atoms with E-state index in [4.69, 9.17) is 23.7 Å². The van der Waals surface area contributed by atoms with Crippen molar-refractivity contribution >= 4 is 5.97 Å². The fraction of sp³-hybridized carbons (Fsp3) is 0.682. The normalized spacial score (nSPS) is 10.8. The van der Waals surface area contributed by atoms with Crippen LogP contribution in [0.2, 0.25) is 0 Å². The lowest BCUT2D eigenvalue weighted by Crippen LogP contribution is -2.14. The molecule has 1 aromatic carbocycles. The number of unbranched alkanes of at least 4 members (excludes halogenated alkanes) is 4. The molecule has 0 bridgehead atoms. The van der Waals surface area contributed by atoms with Crippen molar-refractivity contribution in [1.82, 2.24) is 0 Å². The summed E-state index contributed by atoms with van der Waals surface area (Å²) in [6.45, 7) is 5.94. The maximum Gasteiger partial charge on any atom is 0.305 e. The molecule has 0 fully saturated rings. The van der Waals surface area contributed by atoms with Crippen molar-refractivity contribution in [2.75, 3.05) is 52.9 Å². The summed E-state index contributed by atoms with van der Waals surface area (Å²) in [5.41, 5.74) is 0. The Balaban J connectivity index is 1.74. The summed E-state index contributed by atoms with van der Waals surface area (Å²) in [4.78, 5) is 11.5. The number of hydrogen-bond acceptors (Lipinski definition) is 6. The van der Waals surface area contributed by atoms with Gasteiger partial charge in [0.15, 0.2) is 0 Å². The van der Waals surface area contributed by atoms with Crippen LogP contribution in [-0.4, -0.2) is 58.8 Å². The smallest absolute Gasteiger partial charge is 0.305 e. The highest BCUT2D eigenvalue weighted by Gasteiger charge is 2.02. The molecular weight excluding hydrogens is 360 g/mol. The number of hydrogen-bond donors (Lipinski definition) is 0. The summed E-state index contributed by atoms with van der Waals surface area (Å²) in [5, 5.41) is 0. The van der Waals surface area contributed by atoms with Crippen LogP contribution in [0.3, 0.4) is 0 Å². The molecule has 0 aromatic heterocycles. The summed E-state index contributed by atoms with van der Waals surface area (Å²) < 4.78 is 26.9. The van der Waals surface area contributed by atoms with Gasteiger partial charge in [0, 0.05) is 6.42 Å². The molecule has 0 aliphatic heterocycles. The van der Waals surface area contributed by atoms with E-state index in [1.165, 1.54) is 19.3 Å². The van der Waals surface area contributed by atoms with E-state index >= 15 is 0 Å². The molecule has 28 heavy (non-hydrogen) atoms. The Bertz CT molecular complexity index is 465. The maximum atomic E-state index is 11.5. The number of rotatable bonds is 19. The fourth-order valence-electron chi connectivity index (χ4n) is 2.44. The molecule has 1 rings (SSSR count). The third-order valence-electron chi connectivity index (χ3n) is 3.96. The van der Waals surface area contributed by atoms with Gasteiger partial charge in [0.25, 0.3) is 0 Å². The number of esters is 1. The Morgan fingerprint density at radius 2 is 1.29 bits per heavy atom. The van der Waals surface area contributed by atoms with Crippen molar-refractivity contribution in [3.05, 3.63) is 30.3 Å². The van der Waals surface area contributed by atoms with E-state index in [2.05, 4.69) is 6.92 Å². The maximum absolute atomic E-state index is 11.5. The lowest BCUT2D eigenvalue weighted by atomic mass is 10.1. The predicted molar refractivity (Wildman–Crippen MR) is 109 cm³/mol. The van der Waals surface area contributed by atoms with Crippen LogP contribution in [0.25, 0.3) is 0 Å². The average Bonchev–Trinajstić information content (AvgIpc) is 2.72. The van der Waals surface area contributed by atoms with Crippen LogP contribution >= 0.6 is 0 Å². The van der Waals surface area contributed by atoms with E-state index in [-0.39, 0.29) is 5.97 Å². The summed E-state index contributed by atoms with van der Waals surface area (Å²) >= 11 is 0. The van der Waals surface area contributed by atoms with Gasteiger partial charge in [0.1, 0.15) is 19.0 Å². The molecule has 0 aliphatic rings. The minimum absolute atomic E-state index is 0.134. The number of ether oxygens (including phenoxy) is 5. The fourth-order valence-corrected chi connectivity index (χ4v) is 2.44. The quantitative estimate of drug-likeness (QED) is 0.260. The van der Waals surface area contributed by atoms with Crippen molar-refractivity contribution in [2.24, 2.45) is 0 Å². The van der Waals surface area contributed by atoms with E-state index < -0.39 is 0 Å². The molecule has 0 unspecified atom stereocenters. The molecule has 0 aliphatic carbocycles. The molecule has 0 saturated carbocycles. The molecule has 0 N–H and O–H groups in total. The molecule has 0 atom stereocenters. The molecule has 6 heteroatoms. The lowest BCUT2D eigenvalue weighted by Gasteiger charge is -2.08. The van der Waals surface area contributed by atoms with Crippen LogP contribution in [0.15, 0.2) is 30.3 Å². The van der Waals surface area contributed by atoms with Crippen LogP contribution in [0.4, 0.5) is 0 Å². The minimum atomic E-state index is -0.134. The van der Waals surface area contributed by atoms with Gasteiger partial charge in [-0.25, -0.2) is 0 Å². The van der Waals surface area contributed by atoms with E-state index in [0.29, 0.717) is 59.3 Å². The van der Waals surface area contributed by atoms with E-state index in [1.54, 1.807) is 0 Å². The Morgan fingerprint density at radius 3 is 1.93 bits per heavy atom. The van der Waals surface area contributed by atoms with Crippen LogP contribution in [0, 0.1) is 0 Å². The molecule has 0 radical (unpaired) electrons. The minimum Gasteiger partial charge on any atom is -0.491 e. The Labute approximate surface area is 169 Å². The number of carbonyl (C=O) groups is 1. The number of carbonyl (C=O) groups excluding carboxylic acids is 1. The van der Waals surface area contributed by atoms with Crippen LogP contribution in [0.1, 0.15) is 45.4 Å². The van der Waals surface area contributed by atoms with Gasteiger partial charge in [-0.15, -0.1) is 0 Å². The van der Waals surface area contributed by atoms with Crippen molar-refractivity contribution < 1.29 is 28.5 Å². The van der Waals surface area contributed by atoms with Gasteiger partial charge < -0.3 is 23.7 Å². The van der Waals surface area contributed by atoms with E-state index in [9.17, 15) is 4.79 Å². The first kappa shape index (κ1) is 24.4. The largest absolute Gasteiger partial charge is 0.491 e. The zero-order valence-corrected chi connectivity index (χ0v) is 17.2. The van der Waals surface area contributed by atoms with Gasteiger partial charge in [-0.1, -0.05) is 50.8 Å². The second kappa shape index (κ2) is 18.7. The first-order valence-corrected chi connectivity index (χ1v) is 10.4. The molecular formula is C22H36O6. The third-order valence-corrected chi connectivity index (χ3v) is 3.96. The first-order valence-electron chi connectivity index (χ1n) is 10.4. The second-order valence-electron chi connectivity index (χ2n) is 6.38. The molecule has 0 spiro atoms. The highest BCUT2D eigenvalue weighted by Crippen LogP contribution is 2.07. The number of benzene rings is 1. The van der Waals surface area contributed by atoms with Crippen molar-refractivity contribution in [3.8, 4) is 5.75 Å². The Hall–Kier alpha value is -1.63. The van der Waals surface area contributed by atoms with Crippen molar-refractivity contribution in [3.63, 3.8) is 0 Å². The zero-order valence-electron chi connectivity index (χ0n) is 17.2. The zero-order chi connectivity index (χ0) is 20.1. The Kier molecular flexibility index (Phi) is 16.3. The van der Waals surface area contributed by atoms with E-state index in [0.717, 1.165) is 18.6 Å². The molecule has 0 saturated heterocycles. The molecule has 160 valence electrons. The number of para-hydroxylation sites is 1. The van der Waals surface area contributed by atoms with Crippen LogP contribution < -0.4 is 4.74 Å². The van der Waals surface area contributed by atoms with Crippen molar-refractivity contribution in [1.29, 1.82) is 0 Å². The standard InChI is InChI=1S/C22H36O6/c1-2-3-4-5-9-12-22(23)28-20-18-26-16-14-24-13-15-25-17-19-27-21-10-7-6-8-11-21/h6-8,10-11H,2-5,9,12-20H2,1H3. The van der Waals surface area contributed by atoms with Crippen LogP contribution in [0.5, 0.6) is 5.75 Å². The topological polar surface area (TPSA) is 63.2 Å². The predicted octanol–water partition coefficient (Wildman–Crippen LogP) is 4.02. The van der Waals surface area contributed by atoms with Crippen LogP contribution in [-0.2, 0) is 23.7 Å². The average molecular weight is 397 g/mol. The van der Waals surface area contributed by atoms with Gasteiger partial charge >= 0.3 is 5.97 Å². The van der Waals surface area contributed by atoms with Gasteiger partial charge in [-0.3, -0.25) is 4.79 Å². The molecule has 0 heterocycles. The highest BCUT2D eigenvalue weighted by atomic mass is 16.6. The summed E-state index contributed by atoms with van der Waals surface area (Å²) in [6.07, 6.45) is 6.15. The second-order valence-corrected chi connectivity index (χ2v) is 6.38. The third kappa shape index (κ3) is 15.4. The first-order chi connectivity index (χ1) is 13.8. The monoisotopic (exact) mass is 396 g/mol. The molecule has 6 nitrogen and oxygen atoms in total. The summed E-state index contributed by atoms with van der Waals surface area (Å²) in [6, 6.07) is 9.65. The van der Waals surface area contributed by atoms with E-state index in [1.807, 2.05) is 30.3 Å². The SMILES string of the molecule is CCCCCCCC(=O)OCCOCCOCCOCCOc1ccccc1. The molecule has 1 aromatic rings. The highest BCUT2D eigenvalue weighted by molar-refractivity contribution is 5.69. The molecule has 0 amide bonds. The van der Waals surface area contributed by atoms with Gasteiger partial charge in [0.05, 0.1) is 39.6 Å². The van der Waals surface area contributed by atoms with Crippen molar-refractivity contribution in [2.45, 2.75) is 45.4 Å². The van der Waals surface area contributed by atoms with Gasteiger partial charge in [0.2, 0.25) is 0 Å².